The highest BCUT2D eigenvalue weighted by Gasteiger charge is 2.41. The van der Waals surface area contributed by atoms with Crippen molar-refractivity contribution in [2.24, 2.45) is 0 Å². The number of ether oxygens (including phenoxy) is 2. The molecule has 0 spiro atoms. The van der Waals surface area contributed by atoms with Crippen LogP contribution in [0, 0.1) is 0 Å². The summed E-state index contributed by atoms with van der Waals surface area (Å²) < 4.78 is 83.8. The lowest BCUT2D eigenvalue weighted by Gasteiger charge is -2.19. The van der Waals surface area contributed by atoms with Gasteiger partial charge in [0.2, 0.25) is 0 Å². The van der Waals surface area contributed by atoms with Gasteiger partial charge in [-0.15, -0.1) is 13.2 Å². The Labute approximate surface area is 128 Å². The maximum absolute atomic E-state index is 12.9. The van der Waals surface area contributed by atoms with Gasteiger partial charge < -0.3 is 9.47 Å². The third-order valence-corrected chi connectivity index (χ3v) is 2.98. The Balaban J connectivity index is 3.55. The summed E-state index contributed by atoms with van der Waals surface area (Å²) in [6.45, 7) is 0. The first-order valence-corrected chi connectivity index (χ1v) is 6.58. The molecule has 0 bridgehead atoms. The van der Waals surface area contributed by atoms with E-state index >= 15 is 0 Å². The van der Waals surface area contributed by atoms with Gasteiger partial charge in [0.15, 0.2) is 5.69 Å². The minimum atomic E-state index is -5.23. The van der Waals surface area contributed by atoms with E-state index in [0.717, 1.165) is 7.11 Å². The van der Waals surface area contributed by atoms with Crippen LogP contribution in [0.3, 0.4) is 0 Å². The average molecular weight is 396 g/mol. The fraction of sp³-hybridized carbons (Fsp3) is 0.455. The second-order valence-electron chi connectivity index (χ2n) is 3.87. The molecule has 11 heteroatoms. The fourth-order valence-corrected chi connectivity index (χ4v) is 1.94. The van der Waals surface area contributed by atoms with Crippen LogP contribution < -0.4 is 4.74 Å². The van der Waals surface area contributed by atoms with Crippen molar-refractivity contribution in [2.75, 3.05) is 7.11 Å². The molecule has 0 amide bonds. The molecule has 0 aromatic carbocycles. The van der Waals surface area contributed by atoms with E-state index in [1.807, 2.05) is 0 Å². The minimum Gasteiger partial charge on any atom is -0.469 e. The summed E-state index contributed by atoms with van der Waals surface area (Å²) in [6.07, 6.45) is -10.8. The fourth-order valence-electron chi connectivity index (χ4n) is 1.54. The molecule has 0 saturated heterocycles. The topological polar surface area (TPSA) is 48.4 Å². The average Bonchev–Trinajstić information content (AvgIpc) is 2.37. The number of carbonyl (C=O) groups excluding carboxylic acids is 1. The largest absolute Gasteiger partial charge is 0.573 e. The number of rotatable bonds is 4. The summed E-state index contributed by atoms with van der Waals surface area (Å²) in [5.74, 6) is -2.27. The summed E-state index contributed by atoms with van der Waals surface area (Å²) in [5.41, 5.74) is -2.96. The molecule has 1 rings (SSSR count). The van der Waals surface area contributed by atoms with Crippen molar-refractivity contribution in [1.29, 1.82) is 0 Å². The van der Waals surface area contributed by atoms with Crippen molar-refractivity contribution in [1.82, 2.24) is 4.98 Å². The molecule has 124 valence electrons. The van der Waals surface area contributed by atoms with Gasteiger partial charge in [-0.3, -0.25) is 9.78 Å². The zero-order chi connectivity index (χ0) is 17.1. The van der Waals surface area contributed by atoms with Crippen molar-refractivity contribution in [3.63, 3.8) is 0 Å². The molecule has 0 radical (unpaired) electrons. The molecule has 1 aromatic rings. The zero-order valence-corrected chi connectivity index (χ0v) is 12.4. The highest BCUT2D eigenvalue weighted by Crippen LogP contribution is 2.39. The smallest absolute Gasteiger partial charge is 0.469 e. The van der Waals surface area contributed by atoms with Crippen LogP contribution in [0.4, 0.5) is 26.3 Å². The molecule has 4 nitrogen and oxygen atoms in total. The zero-order valence-electron chi connectivity index (χ0n) is 10.8. The number of esters is 1. The Hall–Kier alpha value is -1.52. The van der Waals surface area contributed by atoms with Crippen LogP contribution in [0.1, 0.15) is 16.8 Å². The van der Waals surface area contributed by atoms with Crippen molar-refractivity contribution >= 4 is 21.9 Å². The molecule has 1 heterocycles. The molecular weight excluding hydrogens is 388 g/mol. The third kappa shape index (κ3) is 4.75. The van der Waals surface area contributed by atoms with E-state index in [4.69, 9.17) is 0 Å². The summed E-state index contributed by atoms with van der Waals surface area (Å²) in [5, 5.41) is -0.252. The first-order valence-electron chi connectivity index (χ1n) is 5.46. The molecule has 0 unspecified atom stereocenters. The quantitative estimate of drug-likeness (QED) is 0.444. The summed E-state index contributed by atoms with van der Waals surface area (Å²) in [4.78, 5) is 14.3. The van der Waals surface area contributed by atoms with Gasteiger partial charge in [0.05, 0.1) is 13.5 Å². The highest BCUT2D eigenvalue weighted by atomic mass is 79.9. The summed E-state index contributed by atoms with van der Waals surface area (Å²) in [7, 11) is 0.891. The summed E-state index contributed by atoms with van der Waals surface area (Å²) in [6, 6.07) is 0. The van der Waals surface area contributed by atoms with Gasteiger partial charge in [0, 0.05) is 22.7 Å². The van der Waals surface area contributed by atoms with Crippen molar-refractivity contribution in [2.45, 2.75) is 24.3 Å². The number of methoxy groups -OCH3 is 1. The minimum absolute atomic E-state index is 0.252. The second-order valence-corrected chi connectivity index (χ2v) is 4.43. The van der Waals surface area contributed by atoms with Crippen LogP contribution in [0.2, 0.25) is 0 Å². The van der Waals surface area contributed by atoms with Gasteiger partial charge in [-0.2, -0.15) is 13.2 Å². The summed E-state index contributed by atoms with van der Waals surface area (Å²) >= 11 is 2.82. The van der Waals surface area contributed by atoms with Crippen molar-refractivity contribution in [3.05, 3.63) is 23.0 Å². The van der Waals surface area contributed by atoms with Gasteiger partial charge in [0.25, 0.3) is 0 Å². The van der Waals surface area contributed by atoms with Gasteiger partial charge in [-0.1, -0.05) is 15.9 Å². The molecule has 22 heavy (non-hydrogen) atoms. The molecule has 0 atom stereocenters. The Morgan fingerprint density at radius 3 is 2.27 bits per heavy atom. The normalized spacial score (nSPS) is 12.2. The number of aromatic nitrogens is 1. The molecule has 0 aliphatic rings. The van der Waals surface area contributed by atoms with E-state index in [2.05, 4.69) is 30.4 Å². The number of pyridine rings is 1. The van der Waals surface area contributed by atoms with Gasteiger partial charge >= 0.3 is 18.5 Å². The highest BCUT2D eigenvalue weighted by molar-refractivity contribution is 9.08. The second kappa shape index (κ2) is 6.71. The van der Waals surface area contributed by atoms with E-state index in [0.29, 0.717) is 6.20 Å². The molecule has 0 N–H and O–H groups in total. The van der Waals surface area contributed by atoms with Crippen LogP contribution in [-0.4, -0.2) is 24.4 Å². The number of halogens is 7. The number of hydrogen-bond acceptors (Lipinski definition) is 4. The number of alkyl halides is 7. The Bertz CT molecular complexity index is 558. The van der Waals surface area contributed by atoms with E-state index in [1.54, 1.807) is 0 Å². The number of carbonyl (C=O) groups is 1. The van der Waals surface area contributed by atoms with Gasteiger partial charge in [-0.25, -0.2) is 0 Å². The van der Waals surface area contributed by atoms with Crippen LogP contribution in [-0.2, 0) is 27.5 Å². The predicted molar refractivity (Wildman–Crippen MR) is 64.3 cm³/mol. The Morgan fingerprint density at radius 2 is 1.86 bits per heavy atom. The van der Waals surface area contributed by atoms with Gasteiger partial charge in [-0.05, 0) is 0 Å². The molecule has 0 saturated carbocycles. The lowest BCUT2D eigenvalue weighted by atomic mass is 10.1. The number of nitrogens with zero attached hydrogens (tertiary/aromatic N) is 1. The maximum atomic E-state index is 12.9. The van der Waals surface area contributed by atoms with E-state index < -0.39 is 41.9 Å². The Morgan fingerprint density at radius 1 is 1.27 bits per heavy atom. The maximum Gasteiger partial charge on any atom is 0.573 e. The van der Waals surface area contributed by atoms with Crippen molar-refractivity contribution in [3.8, 4) is 5.75 Å². The van der Waals surface area contributed by atoms with Crippen molar-refractivity contribution < 1.29 is 40.6 Å². The van der Waals surface area contributed by atoms with Crippen LogP contribution in [0.25, 0.3) is 0 Å². The molecular formula is C11H8BrF6NO3. The molecule has 0 aliphatic heterocycles. The van der Waals surface area contributed by atoms with Gasteiger partial charge in [0.1, 0.15) is 5.75 Å². The van der Waals surface area contributed by atoms with E-state index in [-0.39, 0.29) is 10.9 Å². The van der Waals surface area contributed by atoms with Crippen LogP contribution in [0.15, 0.2) is 6.20 Å². The van der Waals surface area contributed by atoms with Crippen LogP contribution >= 0.6 is 15.9 Å². The van der Waals surface area contributed by atoms with Crippen LogP contribution in [0.5, 0.6) is 5.75 Å². The van der Waals surface area contributed by atoms with E-state index in [1.165, 1.54) is 0 Å². The lowest BCUT2D eigenvalue weighted by Crippen LogP contribution is -2.23. The third-order valence-electron chi connectivity index (χ3n) is 2.38. The molecule has 0 aliphatic carbocycles. The Kier molecular flexibility index (Phi) is 5.65. The molecule has 1 aromatic heterocycles. The monoisotopic (exact) mass is 395 g/mol. The number of hydrogen-bond donors (Lipinski definition) is 0. The lowest BCUT2D eigenvalue weighted by molar-refractivity contribution is -0.275. The predicted octanol–water partition coefficient (Wildman–Crippen LogP) is 3.61. The first-order chi connectivity index (χ1) is 9.99. The van der Waals surface area contributed by atoms with E-state index in [9.17, 15) is 31.1 Å². The standard InChI is InChI=1S/C11H8BrF6NO3/c1-21-7(20)2-6-8(22-11(16,17)18)5(3-12)4-19-9(6)10(13,14)15/h4H,2-3H2,1H3. The SMILES string of the molecule is COC(=O)Cc1c(C(F)(F)F)ncc(CBr)c1OC(F)(F)F. The first kappa shape index (κ1) is 18.5. The molecule has 0 fully saturated rings.